The standard InChI is InChI=1S/C17H15ClN2O7/c1-25-14-5-3-4-11(16(14)26-2)17(22)27-9-15(21)19-12-8-10(18)6-7-13(12)20(23)24/h3-8H,9H2,1-2H3,(H,19,21). The second-order valence-electron chi connectivity index (χ2n) is 5.08. The van der Waals surface area contributed by atoms with Crippen molar-refractivity contribution in [3.05, 3.63) is 57.1 Å². The zero-order chi connectivity index (χ0) is 20.0. The average Bonchev–Trinajstić information content (AvgIpc) is 2.65. The first-order valence-electron chi connectivity index (χ1n) is 7.49. The van der Waals surface area contributed by atoms with E-state index in [1.54, 1.807) is 12.1 Å². The lowest BCUT2D eigenvalue weighted by molar-refractivity contribution is -0.383. The summed E-state index contributed by atoms with van der Waals surface area (Å²) in [5.74, 6) is -1.10. The SMILES string of the molecule is COc1cccc(C(=O)OCC(=O)Nc2cc(Cl)ccc2[N+](=O)[O-])c1OC. The van der Waals surface area contributed by atoms with Crippen molar-refractivity contribution in [1.82, 2.24) is 0 Å². The Bertz CT molecular complexity index is 886. The van der Waals surface area contributed by atoms with E-state index in [4.69, 9.17) is 25.8 Å². The molecular formula is C17H15ClN2O7. The van der Waals surface area contributed by atoms with Gasteiger partial charge in [-0.3, -0.25) is 14.9 Å². The van der Waals surface area contributed by atoms with Crippen LogP contribution in [0.5, 0.6) is 11.5 Å². The molecule has 2 aromatic rings. The molecule has 2 aromatic carbocycles. The number of rotatable bonds is 7. The van der Waals surface area contributed by atoms with Crippen LogP contribution in [0.1, 0.15) is 10.4 Å². The van der Waals surface area contributed by atoms with Gasteiger partial charge in [-0.05, 0) is 24.3 Å². The molecule has 27 heavy (non-hydrogen) atoms. The molecule has 0 bridgehead atoms. The Labute approximate surface area is 158 Å². The van der Waals surface area contributed by atoms with E-state index in [1.807, 2.05) is 0 Å². The van der Waals surface area contributed by atoms with E-state index >= 15 is 0 Å². The van der Waals surface area contributed by atoms with E-state index < -0.39 is 23.4 Å². The molecule has 0 atom stereocenters. The first kappa shape index (κ1) is 20.0. The third-order valence-corrected chi connectivity index (χ3v) is 3.62. The van der Waals surface area contributed by atoms with Crippen LogP contribution in [0.25, 0.3) is 0 Å². The number of anilines is 1. The van der Waals surface area contributed by atoms with Gasteiger partial charge in [-0.25, -0.2) is 4.79 Å². The Balaban J connectivity index is 2.08. The Hall–Kier alpha value is -3.33. The smallest absolute Gasteiger partial charge is 0.342 e. The molecule has 0 fully saturated rings. The number of hydrogen-bond donors (Lipinski definition) is 1. The first-order chi connectivity index (χ1) is 12.9. The molecule has 142 valence electrons. The zero-order valence-electron chi connectivity index (χ0n) is 14.4. The van der Waals surface area contributed by atoms with Gasteiger partial charge < -0.3 is 19.5 Å². The van der Waals surface area contributed by atoms with E-state index in [9.17, 15) is 19.7 Å². The molecule has 1 N–H and O–H groups in total. The van der Waals surface area contributed by atoms with Gasteiger partial charge in [0, 0.05) is 11.1 Å². The number of benzene rings is 2. The van der Waals surface area contributed by atoms with E-state index in [0.717, 1.165) is 6.07 Å². The zero-order valence-corrected chi connectivity index (χ0v) is 15.1. The van der Waals surface area contributed by atoms with Crippen LogP contribution in [0.15, 0.2) is 36.4 Å². The Morgan fingerprint density at radius 3 is 2.56 bits per heavy atom. The normalized spacial score (nSPS) is 10.0. The van der Waals surface area contributed by atoms with Gasteiger partial charge in [0.15, 0.2) is 18.1 Å². The minimum atomic E-state index is -0.818. The summed E-state index contributed by atoms with van der Waals surface area (Å²) < 4.78 is 15.2. The molecule has 0 radical (unpaired) electrons. The predicted octanol–water partition coefficient (Wildman–Crippen LogP) is 3.06. The van der Waals surface area contributed by atoms with Gasteiger partial charge in [-0.2, -0.15) is 0 Å². The van der Waals surface area contributed by atoms with Gasteiger partial charge in [-0.15, -0.1) is 0 Å². The summed E-state index contributed by atoms with van der Waals surface area (Å²) in [5, 5.41) is 13.5. The number of halogens is 1. The maximum absolute atomic E-state index is 12.2. The molecule has 0 spiro atoms. The molecule has 0 heterocycles. The van der Waals surface area contributed by atoms with Gasteiger partial charge in [0.1, 0.15) is 11.3 Å². The summed E-state index contributed by atoms with van der Waals surface area (Å²) in [6.45, 7) is -0.664. The van der Waals surface area contributed by atoms with Gasteiger partial charge in [0.05, 0.1) is 19.1 Å². The van der Waals surface area contributed by atoms with Crippen molar-refractivity contribution in [2.45, 2.75) is 0 Å². The molecule has 0 saturated carbocycles. The number of amides is 1. The molecule has 0 aliphatic rings. The number of carbonyl (C=O) groups excluding carboxylic acids is 2. The van der Waals surface area contributed by atoms with Crippen LogP contribution in [0.4, 0.5) is 11.4 Å². The molecule has 0 aliphatic heterocycles. The van der Waals surface area contributed by atoms with E-state index in [-0.39, 0.29) is 27.7 Å². The van der Waals surface area contributed by atoms with E-state index in [1.165, 1.54) is 32.4 Å². The van der Waals surface area contributed by atoms with Gasteiger partial charge in [-0.1, -0.05) is 17.7 Å². The average molecular weight is 395 g/mol. The van der Waals surface area contributed by atoms with Crippen molar-refractivity contribution in [2.24, 2.45) is 0 Å². The number of nitro groups is 1. The third-order valence-electron chi connectivity index (χ3n) is 3.39. The van der Waals surface area contributed by atoms with E-state index in [0.29, 0.717) is 5.75 Å². The van der Waals surface area contributed by atoms with Crippen molar-refractivity contribution in [3.8, 4) is 11.5 Å². The molecule has 2 rings (SSSR count). The van der Waals surface area contributed by atoms with Gasteiger partial charge in [0.25, 0.3) is 11.6 Å². The molecular weight excluding hydrogens is 380 g/mol. The lowest BCUT2D eigenvalue weighted by Gasteiger charge is -2.12. The van der Waals surface area contributed by atoms with Crippen LogP contribution in [-0.2, 0) is 9.53 Å². The summed E-state index contributed by atoms with van der Waals surface area (Å²) in [4.78, 5) is 34.5. The number of carbonyl (C=O) groups is 2. The molecule has 0 unspecified atom stereocenters. The third kappa shape index (κ3) is 4.85. The topological polar surface area (TPSA) is 117 Å². The quantitative estimate of drug-likeness (QED) is 0.435. The minimum Gasteiger partial charge on any atom is -0.493 e. The molecule has 0 aromatic heterocycles. The molecule has 1 amide bonds. The molecule has 9 nitrogen and oxygen atoms in total. The largest absolute Gasteiger partial charge is 0.493 e. The molecule has 10 heteroatoms. The van der Waals surface area contributed by atoms with Crippen LogP contribution >= 0.6 is 11.6 Å². The summed E-state index contributed by atoms with van der Waals surface area (Å²) in [7, 11) is 2.78. The van der Waals surface area contributed by atoms with Crippen LogP contribution in [-0.4, -0.2) is 37.6 Å². The number of nitro benzene ring substituents is 1. The van der Waals surface area contributed by atoms with E-state index in [2.05, 4.69) is 5.32 Å². The van der Waals surface area contributed by atoms with Crippen LogP contribution in [0, 0.1) is 10.1 Å². The van der Waals surface area contributed by atoms with Crippen molar-refractivity contribution in [3.63, 3.8) is 0 Å². The molecule has 0 saturated heterocycles. The maximum Gasteiger partial charge on any atom is 0.342 e. The summed E-state index contributed by atoms with van der Waals surface area (Å²) in [6, 6.07) is 8.32. The van der Waals surface area contributed by atoms with Crippen LogP contribution < -0.4 is 14.8 Å². The number of esters is 1. The minimum absolute atomic E-state index is 0.0680. The highest BCUT2D eigenvalue weighted by atomic mass is 35.5. The van der Waals surface area contributed by atoms with Gasteiger partial charge >= 0.3 is 5.97 Å². The lowest BCUT2D eigenvalue weighted by Crippen LogP contribution is -2.21. The van der Waals surface area contributed by atoms with Crippen molar-refractivity contribution >= 4 is 34.9 Å². The van der Waals surface area contributed by atoms with Crippen molar-refractivity contribution in [2.75, 3.05) is 26.1 Å². The fourth-order valence-corrected chi connectivity index (χ4v) is 2.38. The highest BCUT2D eigenvalue weighted by Gasteiger charge is 2.20. The Morgan fingerprint density at radius 1 is 1.19 bits per heavy atom. The fraction of sp³-hybridized carbons (Fsp3) is 0.176. The van der Waals surface area contributed by atoms with Gasteiger partial charge in [0.2, 0.25) is 0 Å². The monoisotopic (exact) mass is 394 g/mol. The second kappa shape index (κ2) is 8.86. The van der Waals surface area contributed by atoms with Crippen molar-refractivity contribution in [1.29, 1.82) is 0 Å². The number of nitrogens with zero attached hydrogens (tertiary/aromatic N) is 1. The number of hydrogen-bond acceptors (Lipinski definition) is 7. The van der Waals surface area contributed by atoms with Crippen molar-refractivity contribution < 1.29 is 28.7 Å². The fourth-order valence-electron chi connectivity index (χ4n) is 2.21. The van der Waals surface area contributed by atoms with Crippen LogP contribution in [0.2, 0.25) is 5.02 Å². The first-order valence-corrected chi connectivity index (χ1v) is 7.87. The lowest BCUT2D eigenvalue weighted by atomic mass is 10.2. The highest BCUT2D eigenvalue weighted by molar-refractivity contribution is 6.31. The highest BCUT2D eigenvalue weighted by Crippen LogP contribution is 2.31. The number of para-hydroxylation sites is 1. The Kier molecular flexibility index (Phi) is 6.56. The summed E-state index contributed by atoms with van der Waals surface area (Å²) in [5.41, 5.74) is -0.376. The second-order valence-corrected chi connectivity index (χ2v) is 5.52. The molecule has 0 aliphatic carbocycles. The summed E-state index contributed by atoms with van der Waals surface area (Å²) >= 11 is 5.79. The predicted molar refractivity (Wildman–Crippen MR) is 96.6 cm³/mol. The number of ether oxygens (including phenoxy) is 3. The summed E-state index contributed by atoms with van der Waals surface area (Å²) in [6.07, 6.45) is 0. The number of nitrogens with one attached hydrogen (secondary N) is 1. The number of methoxy groups -OCH3 is 2. The maximum atomic E-state index is 12.2. The Morgan fingerprint density at radius 2 is 1.93 bits per heavy atom. The van der Waals surface area contributed by atoms with Crippen LogP contribution in [0.3, 0.4) is 0 Å².